The smallest absolute Gasteiger partial charge is 0.251 e. The summed E-state index contributed by atoms with van der Waals surface area (Å²) in [5, 5.41) is 18.2. The molecule has 2 aliphatic rings. The Morgan fingerprint density at radius 1 is 1.07 bits per heavy atom. The highest BCUT2D eigenvalue weighted by Gasteiger charge is 2.44. The summed E-state index contributed by atoms with van der Waals surface area (Å²) in [7, 11) is 4.87. The van der Waals surface area contributed by atoms with Gasteiger partial charge in [0.2, 0.25) is 5.91 Å². The van der Waals surface area contributed by atoms with E-state index in [2.05, 4.69) is 27.0 Å². The van der Waals surface area contributed by atoms with E-state index in [0.29, 0.717) is 49.2 Å². The first-order valence-corrected chi connectivity index (χ1v) is 14.1. The number of amides is 3. The molecule has 0 saturated carbocycles. The highest BCUT2D eigenvalue weighted by Crippen LogP contribution is 2.44. The van der Waals surface area contributed by atoms with Crippen molar-refractivity contribution in [2.45, 2.75) is 56.5 Å². The second kappa shape index (κ2) is 12.5. The molecule has 4 rings (SSSR count). The van der Waals surface area contributed by atoms with Crippen LogP contribution in [-0.4, -0.2) is 74.8 Å². The van der Waals surface area contributed by atoms with Gasteiger partial charge in [0.15, 0.2) is 0 Å². The third-order valence-corrected chi connectivity index (χ3v) is 8.39. The fourth-order valence-electron chi connectivity index (χ4n) is 6.30. The van der Waals surface area contributed by atoms with Crippen molar-refractivity contribution in [1.82, 2.24) is 20.9 Å². The van der Waals surface area contributed by atoms with Gasteiger partial charge < -0.3 is 26.6 Å². The lowest BCUT2D eigenvalue weighted by Gasteiger charge is -2.38. The highest BCUT2D eigenvalue weighted by atomic mass is 16.2. The lowest BCUT2D eigenvalue weighted by Crippen LogP contribution is -2.49. The number of aliphatic imine (C=N–C) groups is 1. The zero-order valence-corrected chi connectivity index (χ0v) is 24.2. The van der Waals surface area contributed by atoms with Crippen LogP contribution in [-0.2, 0) is 23.1 Å². The summed E-state index contributed by atoms with van der Waals surface area (Å²) >= 11 is 0. The lowest BCUT2D eigenvalue weighted by molar-refractivity contribution is -0.130. The van der Waals surface area contributed by atoms with Gasteiger partial charge >= 0.3 is 0 Å². The molecule has 1 heterocycles. The molecule has 41 heavy (non-hydrogen) atoms. The summed E-state index contributed by atoms with van der Waals surface area (Å²) in [6, 6.07) is 13.0. The number of aryl methyl sites for hydroxylation is 2. The lowest BCUT2D eigenvalue weighted by atomic mass is 9.67. The van der Waals surface area contributed by atoms with E-state index in [1.165, 1.54) is 0 Å². The van der Waals surface area contributed by atoms with Gasteiger partial charge in [0.05, 0.1) is 18.0 Å². The number of carbonyl (C=O) groups excluding carboxylic acids is 3. The Morgan fingerprint density at radius 3 is 2.12 bits per heavy atom. The van der Waals surface area contributed by atoms with Crippen LogP contribution in [0.5, 0.6) is 0 Å². The fraction of sp³-hybridized carbons (Fsp3) is 0.452. The molecule has 0 spiro atoms. The van der Waals surface area contributed by atoms with Gasteiger partial charge in [-0.1, -0.05) is 12.1 Å². The molecule has 1 unspecified atom stereocenters. The average Bonchev–Trinajstić information content (AvgIpc) is 3.44. The number of hydrogen-bond donors (Lipinski definition) is 4. The van der Waals surface area contributed by atoms with Gasteiger partial charge in [-0.05, 0) is 85.5 Å². The van der Waals surface area contributed by atoms with Crippen molar-refractivity contribution >= 4 is 23.6 Å². The van der Waals surface area contributed by atoms with Crippen molar-refractivity contribution in [2.75, 3.05) is 34.2 Å². The third kappa shape index (κ3) is 5.68. The number of benzene rings is 2. The van der Waals surface area contributed by atoms with Crippen molar-refractivity contribution in [1.29, 1.82) is 5.26 Å². The molecule has 5 N–H and O–H groups in total. The minimum absolute atomic E-state index is 0.0980. The Labute approximate surface area is 241 Å². The Hall–Kier alpha value is -4.23. The van der Waals surface area contributed by atoms with Crippen LogP contribution in [0, 0.1) is 11.3 Å². The predicted molar refractivity (Wildman–Crippen MR) is 158 cm³/mol. The zero-order chi connectivity index (χ0) is 29.7. The Bertz CT molecular complexity index is 1340. The van der Waals surface area contributed by atoms with E-state index in [-0.39, 0.29) is 36.3 Å². The molecule has 0 aromatic heterocycles. The molecule has 3 amide bonds. The van der Waals surface area contributed by atoms with Gasteiger partial charge in [-0.25, -0.2) is 0 Å². The highest BCUT2D eigenvalue weighted by molar-refractivity contribution is 5.99. The SMILES string of the molecule is CN=C(N)C1(C[C@@H](C)NCC(=O)N2CCCC2C#N)c2ccc(C(=O)NC)cc2CCc2cc(C(=O)NC)ccc21. The first-order chi connectivity index (χ1) is 19.7. The van der Waals surface area contributed by atoms with Crippen molar-refractivity contribution in [2.24, 2.45) is 10.7 Å². The standard InChI is InChI=1S/C31H39N7O3/c1-19(37-18-27(39)38-13-5-6-24(38)17-32)16-31(30(33)36-4)25-11-9-22(28(40)34-2)14-20(25)7-8-21-15-23(29(41)35-3)10-12-26(21)31/h9-12,14-15,19,24,37H,5-8,13,16,18H2,1-4H3,(H2,33,36)(H,34,40)(H,35,41)/t19-,24?/m1/s1. The van der Waals surface area contributed by atoms with Gasteiger partial charge in [-0.2, -0.15) is 5.26 Å². The van der Waals surface area contributed by atoms with Gasteiger partial charge in [0.25, 0.3) is 11.8 Å². The van der Waals surface area contributed by atoms with Gasteiger partial charge in [0, 0.05) is 44.9 Å². The van der Waals surface area contributed by atoms with E-state index >= 15 is 0 Å². The van der Waals surface area contributed by atoms with Gasteiger partial charge in [-0.15, -0.1) is 0 Å². The predicted octanol–water partition coefficient (Wildman–Crippen LogP) is 1.66. The molecule has 0 radical (unpaired) electrons. The molecule has 1 aliphatic heterocycles. The molecule has 1 fully saturated rings. The van der Waals surface area contributed by atoms with Crippen LogP contribution in [0.2, 0.25) is 0 Å². The quantitative estimate of drug-likeness (QED) is 0.286. The van der Waals surface area contributed by atoms with Crippen LogP contribution < -0.4 is 21.7 Å². The maximum atomic E-state index is 13.0. The second-order valence-electron chi connectivity index (χ2n) is 10.8. The van der Waals surface area contributed by atoms with E-state index in [4.69, 9.17) is 5.73 Å². The number of nitrogens with one attached hydrogen (secondary N) is 3. The number of rotatable bonds is 8. The van der Waals surface area contributed by atoms with Crippen molar-refractivity contribution < 1.29 is 14.4 Å². The average molecular weight is 558 g/mol. The number of nitrogens with zero attached hydrogens (tertiary/aromatic N) is 3. The molecule has 1 aliphatic carbocycles. The van der Waals surface area contributed by atoms with Crippen LogP contribution in [0.4, 0.5) is 0 Å². The van der Waals surface area contributed by atoms with Crippen LogP contribution in [0.3, 0.4) is 0 Å². The second-order valence-corrected chi connectivity index (χ2v) is 10.8. The molecular weight excluding hydrogens is 518 g/mol. The van der Waals surface area contributed by atoms with Crippen LogP contribution in [0.15, 0.2) is 41.4 Å². The van der Waals surface area contributed by atoms with Crippen LogP contribution >= 0.6 is 0 Å². The van der Waals surface area contributed by atoms with Crippen molar-refractivity contribution in [3.8, 4) is 6.07 Å². The van der Waals surface area contributed by atoms with Crippen molar-refractivity contribution in [3.05, 3.63) is 69.8 Å². The molecule has 1 saturated heterocycles. The van der Waals surface area contributed by atoms with E-state index in [1.807, 2.05) is 31.2 Å². The molecule has 2 atom stereocenters. The summed E-state index contributed by atoms with van der Waals surface area (Å²) in [5.41, 5.74) is 10.9. The number of nitrogens with two attached hydrogens (primary N) is 1. The molecule has 10 nitrogen and oxygen atoms in total. The minimum atomic E-state index is -0.878. The summed E-state index contributed by atoms with van der Waals surface area (Å²) in [4.78, 5) is 44.2. The summed E-state index contributed by atoms with van der Waals surface area (Å²) in [5.74, 6) is -0.0406. The van der Waals surface area contributed by atoms with Crippen LogP contribution in [0.25, 0.3) is 0 Å². The number of nitriles is 1. The van der Waals surface area contributed by atoms with Gasteiger partial charge in [0.1, 0.15) is 11.9 Å². The molecule has 10 heteroatoms. The first-order valence-electron chi connectivity index (χ1n) is 14.1. The maximum Gasteiger partial charge on any atom is 0.251 e. The summed E-state index contributed by atoms with van der Waals surface area (Å²) in [6.07, 6.45) is 3.30. The first kappa shape index (κ1) is 29.7. The molecule has 216 valence electrons. The monoisotopic (exact) mass is 557 g/mol. The molecule has 0 bridgehead atoms. The third-order valence-electron chi connectivity index (χ3n) is 8.39. The molecular formula is C31H39N7O3. The largest absolute Gasteiger partial charge is 0.386 e. The molecule has 2 aromatic rings. The zero-order valence-electron chi connectivity index (χ0n) is 24.2. The fourth-order valence-corrected chi connectivity index (χ4v) is 6.30. The Kier molecular flexibility index (Phi) is 9.08. The van der Waals surface area contributed by atoms with Crippen molar-refractivity contribution in [3.63, 3.8) is 0 Å². The number of likely N-dealkylation sites (tertiary alicyclic amines) is 1. The number of fused-ring (bicyclic) bond motifs is 2. The summed E-state index contributed by atoms with van der Waals surface area (Å²) < 4.78 is 0. The minimum Gasteiger partial charge on any atom is -0.386 e. The topological polar surface area (TPSA) is 153 Å². The van der Waals surface area contributed by atoms with E-state index in [9.17, 15) is 19.6 Å². The van der Waals surface area contributed by atoms with E-state index in [0.717, 1.165) is 28.7 Å². The summed E-state index contributed by atoms with van der Waals surface area (Å²) in [6.45, 7) is 2.70. The van der Waals surface area contributed by atoms with Gasteiger partial charge in [-0.3, -0.25) is 19.4 Å². The maximum absolute atomic E-state index is 13.0. The van der Waals surface area contributed by atoms with E-state index in [1.54, 1.807) is 38.2 Å². The van der Waals surface area contributed by atoms with Crippen LogP contribution in [0.1, 0.15) is 69.2 Å². The number of amidine groups is 1. The number of carbonyl (C=O) groups is 3. The Morgan fingerprint density at radius 2 is 1.63 bits per heavy atom. The van der Waals surface area contributed by atoms with E-state index < -0.39 is 5.41 Å². The molecule has 2 aromatic carbocycles. The number of hydrogen-bond acceptors (Lipinski definition) is 6. The Balaban J connectivity index is 1.78. The normalized spacial score (nSPS) is 18.4.